The first kappa shape index (κ1) is 12.7. The summed E-state index contributed by atoms with van der Waals surface area (Å²) in [7, 11) is 0. The van der Waals surface area contributed by atoms with Crippen LogP contribution in [0.2, 0.25) is 0 Å². The number of hydrogen-bond acceptors (Lipinski definition) is 3. The molecule has 3 nitrogen and oxygen atoms in total. The number of fused-ring (bicyclic) bond motifs is 1. The molecule has 0 aliphatic rings. The maximum atomic E-state index is 5.80. The van der Waals surface area contributed by atoms with Crippen molar-refractivity contribution < 1.29 is 4.42 Å². The Morgan fingerprint density at radius 1 is 1.15 bits per heavy atom. The maximum absolute atomic E-state index is 5.80. The third kappa shape index (κ3) is 2.52. The molecule has 0 unspecified atom stereocenters. The summed E-state index contributed by atoms with van der Waals surface area (Å²) in [6.45, 7) is 2.20. The van der Waals surface area contributed by atoms with Crippen LogP contribution in [0.3, 0.4) is 0 Å². The summed E-state index contributed by atoms with van der Waals surface area (Å²) in [4.78, 5) is 4.57. The fourth-order valence-electron chi connectivity index (χ4n) is 2.30. The van der Waals surface area contributed by atoms with Crippen LogP contribution < -0.4 is 5.73 Å². The van der Waals surface area contributed by atoms with E-state index in [4.69, 9.17) is 10.2 Å². The highest BCUT2D eigenvalue weighted by molar-refractivity contribution is 5.77. The monoisotopic (exact) mass is 266 g/mol. The standard InChI is InChI=1S/C17H18N2O/c1-2-3-5-12-8-9-16-15(10-12)19-17(20-16)13-6-4-7-14(18)11-13/h4,6-11H,2-3,5,18H2,1H3. The van der Waals surface area contributed by atoms with Crippen molar-refractivity contribution in [2.24, 2.45) is 0 Å². The SMILES string of the molecule is CCCCc1ccc2oc(-c3cccc(N)c3)nc2c1. The Hall–Kier alpha value is -2.29. The maximum Gasteiger partial charge on any atom is 0.227 e. The quantitative estimate of drug-likeness (QED) is 0.711. The van der Waals surface area contributed by atoms with Gasteiger partial charge in [0.05, 0.1) is 0 Å². The van der Waals surface area contributed by atoms with Crippen LogP contribution in [0.4, 0.5) is 5.69 Å². The van der Waals surface area contributed by atoms with Crippen LogP contribution in [-0.4, -0.2) is 4.98 Å². The van der Waals surface area contributed by atoms with Gasteiger partial charge in [-0.25, -0.2) is 4.98 Å². The van der Waals surface area contributed by atoms with E-state index in [0.717, 1.165) is 23.1 Å². The van der Waals surface area contributed by atoms with Crippen molar-refractivity contribution in [3.8, 4) is 11.5 Å². The number of benzene rings is 2. The van der Waals surface area contributed by atoms with Gasteiger partial charge in [0, 0.05) is 11.3 Å². The zero-order valence-electron chi connectivity index (χ0n) is 11.6. The molecule has 3 rings (SSSR count). The summed E-state index contributed by atoms with van der Waals surface area (Å²) in [6.07, 6.45) is 3.49. The molecule has 0 aliphatic heterocycles. The van der Waals surface area contributed by atoms with Gasteiger partial charge < -0.3 is 10.2 Å². The van der Waals surface area contributed by atoms with Gasteiger partial charge >= 0.3 is 0 Å². The molecule has 0 saturated heterocycles. The van der Waals surface area contributed by atoms with E-state index in [1.165, 1.54) is 18.4 Å². The lowest BCUT2D eigenvalue weighted by Crippen LogP contribution is -1.85. The van der Waals surface area contributed by atoms with Gasteiger partial charge in [-0.15, -0.1) is 0 Å². The minimum absolute atomic E-state index is 0.625. The summed E-state index contributed by atoms with van der Waals surface area (Å²) in [5, 5.41) is 0. The van der Waals surface area contributed by atoms with E-state index in [-0.39, 0.29) is 0 Å². The number of hydrogen-bond donors (Lipinski definition) is 1. The Labute approximate surface area is 118 Å². The van der Waals surface area contributed by atoms with Crippen molar-refractivity contribution in [1.29, 1.82) is 0 Å². The van der Waals surface area contributed by atoms with E-state index in [0.29, 0.717) is 11.6 Å². The van der Waals surface area contributed by atoms with E-state index in [9.17, 15) is 0 Å². The van der Waals surface area contributed by atoms with Crippen molar-refractivity contribution in [2.75, 3.05) is 5.73 Å². The Kier molecular flexibility index (Phi) is 3.42. The van der Waals surface area contributed by atoms with Crippen molar-refractivity contribution in [2.45, 2.75) is 26.2 Å². The third-order valence-electron chi connectivity index (χ3n) is 3.40. The van der Waals surface area contributed by atoms with Gasteiger partial charge in [-0.3, -0.25) is 0 Å². The second-order valence-corrected chi connectivity index (χ2v) is 5.05. The Balaban J connectivity index is 1.98. The Morgan fingerprint density at radius 2 is 2.05 bits per heavy atom. The Bertz CT molecular complexity index is 731. The molecule has 1 heterocycles. The molecule has 0 fully saturated rings. The van der Waals surface area contributed by atoms with E-state index in [2.05, 4.69) is 24.0 Å². The third-order valence-corrected chi connectivity index (χ3v) is 3.40. The summed E-state index contributed by atoms with van der Waals surface area (Å²) >= 11 is 0. The number of anilines is 1. The van der Waals surface area contributed by atoms with Crippen molar-refractivity contribution in [1.82, 2.24) is 4.98 Å². The molecular formula is C17H18N2O. The molecule has 2 aromatic carbocycles. The van der Waals surface area contributed by atoms with Crippen molar-refractivity contribution in [3.63, 3.8) is 0 Å². The first-order chi connectivity index (χ1) is 9.76. The van der Waals surface area contributed by atoms with Gasteiger partial charge in [-0.2, -0.15) is 0 Å². The van der Waals surface area contributed by atoms with Crippen molar-refractivity contribution in [3.05, 3.63) is 48.0 Å². The molecular weight excluding hydrogens is 248 g/mol. The van der Waals surface area contributed by atoms with Crippen molar-refractivity contribution >= 4 is 16.8 Å². The Morgan fingerprint density at radius 3 is 2.85 bits per heavy atom. The lowest BCUT2D eigenvalue weighted by molar-refractivity contribution is 0.620. The number of aryl methyl sites for hydroxylation is 1. The van der Waals surface area contributed by atoms with Crippen LogP contribution in [0.5, 0.6) is 0 Å². The summed E-state index contributed by atoms with van der Waals surface area (Å²) in [5.41, 5.74) is 10.5. The zero-order chi connectivity index (χ0) is 13.9. The number of aromatic nitrogens is 1. The van der Waals surface area contributed by atoms with E-state index < -0.39 is 0 Å². The average molecular weight is 266 g/mol. The lowest BCUT2D eigenvalue weighted by atomic mass is 10.1. The van der Waals surface area contributed by atoms with E-state index in [1.54, 1.807) is 0 Å². The highest BCUT2D eigenvalue weighted by Crippen LogP contribution is 2.26. The molecule has 3 aromatic rings. The molecule has 3 heteroatoms. The van der Waals surface area contributed by atoms with Crippen LogP contribution in [-0.2, 0) is 6.42 Å². The van der Waals surface area contributed by atoms with E-state index in [1.807, 2.05) is 30.3 Å². The van der Waals surface area contributed by atoms with Gasteiger partial charge in [0.1, 0.15) is 5.52 Å². The molecule has 0 saturated carbocycles. The molecule has 0 amide bonds. The summed E-state index contributed by atoms with van der Waals surface area (Å²) < 4.78 is 5.80. The molecule has 0 radical (unpaired) electrons. The second kappa shape index (κ2) is 5.37. The van der Waals surface area contributed by atoms with Gasteiger partial charge in [0.25, 0.3) is 0 Å². The van der Waals surface area contributed by atoms with Crippen LogP contribution in [0, 0.1) is 0 Å². The smallest absolute Gasteiger partial charge is 0.227 e. The predicted molar refractivity (Wildman–Crippen MR) is 82.5 cm³/mol. The number of oxazole rings is 1. The fraction of sp³-hybridized carbons (Fsp3) is 0.235. The normalized spacial score (nSPS) is 11.1. The summed E-state index contributed by atoms with van der Waals surface area (Å²) in [5.74, 6) is 0.625. The zero-order valence-corrected chi connectivity index (χ0v) is 11.6. The number of rotatable bonds is 4. The van der Waals surface area contributed by atoms with Crippen LogP contribution >= 0.6 is 0 Å². The number of nitrogens with zero attached hydrogens (tertiary/aromatic N) is 1. The molecule has 0 aliphatic carbocycles. The lowest BCUT2D eigenvalue weighted by Gasteiger charge is -1.97. The molecule has 1 aromatic heterocycles. The topological polar surface area (TPSA) is 52.0 Å². The van der Waals surface area contributed by atoms with Gasteiger partial charge in [-0.05, 0) is 48.7 Å². The first-order valence-corrected chi connectivity index (χ1v) is 7.01. The van der Waals surface area contributed by atoms with Gasteiger partial charge in [0.2, 0.25) is 5.89 Å². The molecule has 20 heavy (non-hydrogen) atoms. The first-order valence-electron chi connectivity index (χ1n) is 7.01. The van der Waals surface area contributed by atoms with Gasteiger partial charge in [0.15, 0.2) is 5.58 Å². The number of nitrogen functional groups attached to an aromatic ring is 1. The summed E-state index contributed by atoms with van der Waals surface area (Å²) in [6, 6.07) is 13.8. The van der Waals surface area contributed by atoms with Gasteiger partial charge in [-0.1, -0.05) is 25.5 Å². The molecule has 2 N–H and O–H groups in total. The van der Waals surface area contributed by atoms with Crippen LogP contribution in [0.15, 0.2) is 46.9 Å². The van der Waals surface area contributed by atoms with Crippen LogP contribution in [0.25, 0.3) is 22.6 Å². The largest absolute Gasteiger partial charge is 0.436 e. The molecule has 0 spiro atoms. The fourth-order valence-corrected chi connectivity index (χ4v) is 2.30. The molecule has 102 valence electrons. The average Bonchev–Trinajstić information content (AvgIpc) is 2.88. The minimum Gasteiger partial charge on any atom is -0.436 e. The molecule has 0 atom stereocenters. The molecule has 0 bridgehead atoms. The highest BCUT2D eigenvalue weighted by Gasteiger charge is 2.08. The van der Waals surface area contributed by atoms with Crippen LogP contribution in [0.1, 0.15) is 25.3 Å². The number of nitrogens with two attached hydrogens (primary N) is 1. The number of unbranched alkanes of at least 4 members (excludes halogenated alkanes) is 1. The highest BCUT2D eigenvalue weighted by atomic mass is 16.3. The second-order valence-electron chi connectivity index (χ2n) is 5.05. The predicted octanol–water partition coefficient (Wildman–Crippen LogP) is 4.42. The van der Waals surface area contributed by atoms with E-state index >= 15 is 0 Å². The minimum atomic E-state index is 0.625.